The quantitative estimate of drug-likeness (QED) is 0.902. The molecule has 0 fully saturated rings. The number of aromatic nitrogens is 1. The predicted molar refractivity (Wildman–Crippen MR) is 78.4 cm³/mol. The Hall–Kier alpha value is -2.76. The zero-order valence-corrected chi connectivity index (χ0v) is 11.6. The minimum atomic E-state index is -0.113. The third-order valence-corrected chi connectivity index (χ3v) is 2.99. The number of hydrogen-bond acceptors (Lipinski definition) is 5. The van der Waals surface area contributed by atoms with Crippen LogP contribution in [0.1, 0.15) is 12.5 Å². The first-order chi connectivity index (χ1) is 10.2. The van der Waals surface area contributed by atoms with Gasteiger partial charge < -0.3 is 20.1 Å². The van der Waals surface area contributed by atoms with E-state index in [1.807, 2.05) is 24.3 Å². The Balaban J connectivity index is 1.61. The summed E-state index contributed by atoms with van der Waals surface area (Å²) in [6, 6.07) is 9.44. The van der Waals surface area contributed by atoms with Crippen molar-refractivity contribution in [3.05, 3.63) is 42.1 Å². The average molecular weight is 285 g/mol. The molecule has 0 saturated carbocycles. The van der Waals surface area contributed by atoms with Crippen LogP contribution in [0, 0.1) is 0 Å². The number of amides is 1. The fraction of sp³-hybridized carbons (Fsp3) is 0.200. The van der Waals surface area contributed by atoms with Gasteiger partial charge in [0.15, 0.2) is 11.5 Å². The number of fused-ring (bicyclic) bond motifs is 1. The maximum Gasteiger partial charge on any atom is 0.231 e. The molecule has 2 heterocycles. The second kappa shape index (κ2) is 5.70. The van der Waals surface area contributed by atoms with Gasteiger partial charge in [-0.15, -0.1) is 0 Å². The number of nitrogens with zero attached hydrogens (tertiary/aromatic N) is 1. The van der Waals surface area contributed by atoms with Gasteiger partial charge in [0.2, 0.25) is 12.7 Å². The Morgan fingerprint density at radius 3 is 2.86 bits per heavy atom. The molecule has 1 aromatic heterocycles. The predicted octanol–water partition coefficient (Wildman–Crippen LogP) is 2.38. The van der Waals surface area contributed by atoms with Crippen LogP contribution in [0.5, 0.6) is 11.5 Å². The highest BCUT2D eigenvalue weighted by atomic mass is 16.7. The highest BCUT2D eigenvalue weighted by molar-refractivity contribution is 5.88. The number of ether oxygens (including phenoxy) is 2. The summed E-state index contributed by atoms with van der Waals surface area (Å²) in [5.74, 6) is 2.17. The van der Waals surface area contributed by atoms with Crippen molar-refractivity contribution in [2.24, 2.45) is 0 Å². The van der Waals surface area contributed by atoms with E-state index in [0.29, 0.717) is 12.2 Å². The number of nitrogens with one attached hydrogen (secondary N) is 2. The number of carbonyl (C=O) groups is 1. The van der Waals surface area contributed by atoms with Crippen molar-refractivity contribution >= 4 is 17.4 Å². The zero-order chi connectivity index (χ0) is 14.7. The molecule has 1 aliphatic heterocycles. The molecule has 1 amide bonds. The van der Waals surface area contributed by atoms with Gasteiger partial charge in [-0.3, -0.25) is 4.79 Å². The van der Waals surface area contributed by atoms with E-state index >= 15 is 0 Å². The van der Waals surface area contributed by atoms with Crippen molar-refractivity contribution in [3.63, 3.8) is 0 Å². The van der Waals surface area contributed by atoms with Gasteiger partial charge >= 0.3 is 0 Å². The summed E-state index contributed by atoms with van der Waals surface area (Å²) >= 11 is 0. The summed E-state index contributed by atoms with van der Waals surface area (Å²) in [5.41, 5.74) is 1.75. The van der Waals surface area contributed by atoms with Gasteiger partial charge in [-0.05, 0) is 29.8 Å². The standard InChI is InChI=1S/C15H15N3O3/c1-10(19)18-12-3-5-15(17-8-12)16-7-11-2-4-13-14(6-11)21-9-20-13/h2-6,8H,7,9H2,1H3,(H,16,17)(H,18,19). The number of hydrogen-bond donors (Lipinski definition) is 2. The Morgan fingerprint density at radius 2 is 2.10 bits per heavy atom. The summed E-state index contributed by atoms with van der Waals surface area (Å²) in [6.07, 6.45) is 1.61. The molecule has 0 atom stereocenters. The highest BCUT2D eigenvalue weighted by Crippen LogP contribution is 2.32. The van der Waals surface area contributed by atoms with Crippen molar-refractivity contribution in [2.45, 2.75) is 13.5 Å². The van der Waals surface area contributed by atoms with Crippen molar-refractivity contribution in [1.82, 2.24) is 4.98 Å². The van der Waals surface area contributed by atoms with E-state index in [0.717, 1.165) is 22.9 Å². The summed E-state index contributed by atoms with van der Waals surface area (Å²) < 4.78 is 10.6. The smallest absolute Gasteiger partial charge is 0.231 e. The molecule has 0 radical (unpaired) electrons. The molecule has 0 aliphatic carbocycles. The molecule has 2 N–H and O–H groups in total. The molecule has 6 heteroatoms. The Kier molecular flexibility index (Phi) is 3.59. The van der Waals surface area contributed by atoms with E-state index in [1.54, 1.807) is 12.3 Å². The average Bonchev–Trinajstić information content (AvgIpc) is 2.93. The molecule has 3 rings (SSSR count). The monoisotopic (exact) mass is 285 g/mol. The van der Waals surface area contributed by atoms with Gasteiger partial charge in [-0.2, -0.15) is 0 Å². The molecule has 1 aromatic carbocycles. The number of pyridine rings is 1. The van der Waals surface area contributed by atoms with Crippen LogP contribution in [0.15, 0.2) is 36.5 Å². The van der Waals surface area contributed by atoms with Gasteiger partial charge in [0.25, 0.3) is 0 Å². The highest BCUT2D eigenvalue weighted by Gasteiger charge is 2.12. The van der Waals surface area contributed by atoms with Gasteiger partial charge in [-0.1, -0.05) is 6.07 Å². The number of benzene rings is 1. The molecule has 0 unspecified atom stereocenters. The minimum absolute atomic E-state index is 0.113. The maximum absolute atomic E-state index is 10.9. The lowest BCUT2D eigenvalue weighted by molar-refractivity contribution is -0.114. The first-order valence-corrected chi connectivity index (χ1v) is 6.57. The van der Waals surface area contributed by atoms with E-state index in [-0.39, 0.29) is 12.7 Å². The first-order valence-electron chi connectivity index (χ1n) is 6.57. The Bertz CT molecular complexity index is 656. The lowest BCUT2D eigenvalue weighted by Gasteiger charge is -2.07. The minimum Gasteiger partial charge on any atom is -0.454 e. The van der Waals surface area contributed by atoms with E-state index in [1.165, 1.54) is 6.92 Å². The molecular formula is C15H15N3O3. The van der Waals surface area contributed by atoms with Crippen LogP contribution in [-0.2, 0) is 11.3 Å². The number of carbonyl (C=O) groups excluding carboxylic acids is 1. The lowest BCUT2D eigenvalue weighted by Crippen LogP contribution is -2.06. The van der Waals surface area contributed by atoms with Gasteiger partial charge in [0.05, 0.1) is 11.9 Å². The van der Waals surface area contributed by atoms with Crippen LogP contribution in [-0.4, -0.2) is 17.7 Å². The number of anilines is 2. The largest absolute Gasteiger partial charge is 0.454 e. The molecule has 1 aliphatic rings. The normalized spacial score (nSPS) is 12.0. The molecular weight excluding hydrogens is 270 g/mol. The third kappa shape index (κ3) is 3.22. The Morgan fingerprint density at radius 1 is 1.24 bits per heavy atom. The Labute approximate surface area is 122 Å². The van der Waals surface area contributed by atoms with Crippen LogP contribution in [0.4, 0.5) is 11.5 Å². The molecule has 108 valence electrons. The van der Waals surface area contributed by atoms with E-state index in [2.05, 4.69) is 15.6 Å². The summed E-state index contributed by atoms with van der Waals surface area (Å²) in [4.78, 5) is 15.2. The first kappa shape index (κ1) is 13.2. The topological polar surface area (TPSA) is 72.5 Å². The van der Waals surface area contributed by atoms with E-state index in [9.17, 15) is 4.79 Å². The fourth-order valence-corrected chi connectivity index (χ4v) is 2.02. The summed E-state index contributed by atoms with van der Waals surface area (Å²) in [6.45, 7) is 2.37. The second-order valence-corrected chi connectivity index (χ2v) is 4.65. The van der Waals surface area contributed by atoms with E-state index in [4.69, 9.17) is 9.47 Å². The van der Waals surface area contributed by atoms with Crippen molar-refractivity contribution in [1.29, 1.82) is 0 Å². The molecule has 0 spiro atoms. The van der Waals surface area contributed by atoms with Crippen LogP contribution in [0.25, 0.3) is 0 Å². The van der Waals surface area contributed by atoms with E-state index < -0.39 is 0 Å². The van der Waals surface area contributed by atoms with Crippen molar-refractivity contribution < 1.29 is 14.3 Å². The second-order valence-electron chi connectivity index (χ2n) is 4.65. The van der Waals surface area contributed by atoms with Crippen LogP contribution < -0.4 is 20.1 Å². The molecule has 0 saturated heterocycles. The van der Waals surface area contributed by atoms with Gasteiger partial charge in [0, 0.05) is 13.5 Å². The summed E-state index contributed by atoms with van der Waals surface area (Å²) in [5, 5.41) is 5.89. The van der Waals surface area contributed by atoms with Gasteiger partial charge in [0.1, 0.15) is 5.82 Å². The van der Waals surface area contributed by atoms with Crippen molar-refractivity contribution in [3.8, 4) is 11.5 Å². The maximum atomic E-state index is 10.9. The number of rotatable bonds is 4. The van der Waals surface area contributed by atoms with Crippen LogP contribution in [0.3, 0.4) is 0 Å². The zero-order valence-electron chi connectivity index (χ0n) is 11.6. The van der Waals surface area contributed by atoms with Crippen molar-refractivity contribution in [2.75, 3.05) is 17.4 Å². The molecule has 0 bridgehead atoms. The summed E-state index contributed by atoms with van der Waals surface area (Å²) in [7, 11) is 0. The van der Waals surface area contributed by atoms with Crippen LogP contribution in [0.2, 0.25) is 0 Å². The van der Waals surface area contributed by atoms with Crippen LogP contribution >= 0.6 is 0 Å². The molecule has 2 aromatic rings. The lowest BCUT2D eigenvalue weighted by atomic mass is 10.2. The van der Waals surface area contributed by atoms with Gasteiger partial charge in [-0.25, -0.2) is 4.98 Å². The SMILES string of the molecule is CC(=O)Nc1ccc(NCc2ccc3c(c2)OCO3)nc1. The molecule has 21 heavy (non-hydrogen) atoms. The fourth-order valence-electron chi connectivity index (χ4n) is 2.02. The molecule has 6 nitrogen and oxygen atoms in total. The third-order valence-electron chi connectivity index (χ3n) is 2.99.